The normalized spacial score (nSPS) is 14.7. The zero-order valence-corrected chi connectivity index (χ0v) is 16.5. The number of aromatic nitrogens is 2. The fourth-order valence-electron chi connectivity index (χ4n) is 3.20. The van der Waals surface area contributed by atoms with Gasteiger partial charge in [-0.2, -0.15) is 4.98 Å². The lowest BCUT2D eigenvalue weighted by Crippen LogP contribution is -2.36. The van der Waals surface area contributed by atoms with Crippen molar-refractivity contribution in [3.63, 3.8) is 0 Å². The van der Waals surface area contributed by atoms with Crippen LogP contribution in [0.1, 0.15) is 5.56 Å². The maximum atomic E-state index is 8.97. The van der Waals surface area contributed by atoms with E-state index in [4.69, 9.17) is 26.2 Å². The Morgan fingerprint density at radius 1 is 1.30 bits per heavy atom. The van der Waals surface area contributed by atoms with Gasteiger partial charge in [0, 0.05) is 18.0 Å². The van der Waals surface area contributed by atoms with Gasteiger partial charge in [-0.05, 0) is 41.8 Å². The first-order valence-corrected chi connectivity index (χ1v) is 10.00. The fraction of sp³-hybridized carbons (Fsp3) is 0.368. The fourth-order valence-corrected chi connectivity index (χ4v) is 4.63. The molecule has 1 aliphatic heterocycles. The van der Waals surface area contributed by atoms with Crippen LogP contribution in [0.25, 0.3) is 20.7 Å². The molecule has 0 bridgehead atoms. The lowest BCUT2D eigenvalue weighted by molar-refractivity contribution is 0.122. The largest absolute Gasteiger partial charge is 0.491 e. The monoisotopic (exact) mass is 405 g/mol. The van der Waals surface area contributed by atoms with Crippen molar-refractivity contribution in [2.45, 2.75) is 6.92 Å². The predicted octanol–water partition coefficient (Wildman–Crippen LogP) is 3.53. The first-order chi connectivity index (χ1) is 13.2. The molecule has 0 radical (unpaired) electrons. The summed E-state index contributed by atoms with van der Waals surface area (Å²) in [5.74, 6) is 1.61. The van der Waals surface area contributed by atoms with E-state index >= 15 is 0 Å². The van der Waals surface area contributed by atoms with Gasteiger partial charge >= 0.3 is 0 Å². The Kier molecular flexibility index (Phi) is 5.45. The highest BCUT2D eigenvalue weighted by Gasteiger charge is 2.22. The number of halogens is 1. The second kappa shape index (κ2) is 7.98. The van der Waals surface area contributed by atoms with E-state index < -0.39 is 0 Å². The van der Waals surface area contributed by atoms with E-state index in [1.807, 2.05) is 24.3 Å². The summed E-state index contributed by atoms with van der Waals surface area (Å²) >= 11 is 7.90. The molecule has 0 atom stereocenters. The van der Waals surface area contributed by atoms with Crippen LogP contribution in [0.3, 0.4) is 0 Å². The van der Waals surface area contributed by atoms with Crippen LogP contribution in [0, 0.1) is 6.92 Å². The highest BCUT2D eigenvalue weighted by Crippen LogP contribution is 2.42. The summed E-state index contributed by atoms with van der Waals surface area (Å²) in [6, 6.07) is 7.87. The van der Waals surface area contributed by atoms with E-state index in [1.165, 1.54) is 0 Å². The summed E-state index contributed by atoms with van der Waals surface area (Å²) in [7, 11) is 0. The summed E-state index contributed by atoms with van der Waals surface area (Å²) in [5, 5.41) is 9.23. The van der Waals surface area contributed by atoms with Gasteiger partial charge in [0.05, 0.1) is 30.0 Å². The van der Waals surface area contributed by atoms with Crippen LogP contribution in [0.2, 0.25) is 5.28 Å². The van der Waals surface area contributed by atoms with Crippen molar-refractivity contribution in [3.05, 3.63) is 35.1 Å². The Morgan fingerprint density at radius 2 is 2.11 bits per heavy atom. The lowest BCUT2D eigenvalue weighted by atomic mass is 10.1. The zero-order valence-electron chi connectivity index (χ0n) is 14.9. The van der Waals surface area contributed by atoms with Gasteiger partial charge in [-0.1, -0.05) is 12.1 Å². The first-order valence-electron chi connectivity index (χ1n) is 8.81. The van der Waals surface area contributed by atoms with Gasteiger partial charge < -0.3 is 19.5 Å². The van der Waals surface area contributed by atoms with Crippen LogP contribution in [0.5, 0.6) is 5.75 Å². The number of aryl methyl sites for hydroxylation is 1. The summed E-state index contributed by atoms with van der Waals surface area (Å²) in [5.41, 5.74) is 3.02. The summed E-state index contributed by atoms with van der Waals surface area (Å²) in [4.78, 5) is 12.3. The number of nitrogens with zero attached hydrogens (tertiary/aromatic N) is 3. The molecule has 1 N–H and O–H groups in total. The highest BCUT2D eigenvalue weighted by atomic mass is 35.5. The number of thiophene rings is 1. The molecule has 0 aliphatic carbocycles. The maximum absolute atomic E-state index is 8.97. The smallest absolute Gasteiger partial charge is 0.224 e. The van der Waals surface area contributed by atoms with E-state index in [0.29, 0.717) is 13.2 Å². The highest BCUT2D eigenvalue weighted by molar-refractivity contribution is 7.23. The molecule has 1 saturated heterocycles. The molecule has 0 amide bonds. The van der Waals surface area contributed by atoms with Gasteiger partial charge in [0.25, 0.3) is 0 Å². The average molecular weight is 406 g/mol. The molecular weight excluding hydrogens is 386 g/mol. The standard InChI is InChI=1S/C19H20ClN3O3S/c1-12-15-17(18(22-19(20)21-15)23-5-8-25-9-6-23)27-16(12)13-3-2-4-14(11-13)26-10-7-24/h2-4,11,24H,5-10H2,1H3. The second-order valence-electron chi connectivity index (χ2n) is 6.25. The van der Waals surface area contributed by atoms with Crippen molar-refractivity contribution >= 4 is 39.0 Å². The molecule has 8 heteroatoms. The molecule has 3 aromatic rings. The van der Waals surface area contributed by atoms with Crippen molar-refractivity contribution < 1.29 is 14.6 Å². The van der Waals surface area contributed by atoms with E-state index in [-0.39, 0.29) is 18.5 Å². The first kappa shape index (κ1) is 18.4. The number of fused-ring (bicyclic) bond motifs is 1. The van der Waals surface area contributed by atoms with Gasteiger partial charge in [-0.25, -0.2) is 4.98 Å². The van der Waals surface area contributed by atoms with Crippen molar-refractivity contribution in [1.29, 1.82) is 0 Å². The topological polar surface area (TPSA) is 67.7 Å². The number of aliphatic hydroxyl groups is 1. The molecule has 6 nitrogen and oxygen atoms in total. The Labute approximate surface area is 166 Å². The predicted molar refractivity (Wildman–Crippen MR) is 108 cm³/mol. The molecular formula is C19H20ClN3O3S. The molecule has 2 aromatic heterocycles. The van der Waals surface area contributed by atoms with Gasteiger partial charge in [0.15, 0.2) is 5.82 Å². The van der Waals surface area contributed by atoms with E-state index in [2.05, 4.69) is 21.8 Å². The van der Waals surface area contributed by atoms with Crippen molar-refractivity contribution in [2.24, 2.45) is 0 Å². The number of anilines is 1. The van der Waals surface area contributed by atoms with Crippen molar-refractivity contribution in [1.82, 2.24) is 9.97 Å². The number of hydrogen-bond donors (Lipinski definition) is 1. The molecule has 27 heavy (non-hydrogen) atoms. The number of ether oxygens (including phenoxy) is 2. The molecule has 1 aromatic carbocycles. The quantitative estimate of drug-likeness (QED) is 0.655. The minimum atomic E-state index is -0.0108. The summed E-state index contributed by atoms with van der Waals surface area (Å²) in [6.07, 6.45) is 0. The van der Waals surface area contributed by atoms with Gasteiger partial charge in [-0.15, -0.1) is 11.3 Å². The Morgan fingerprint density at radius 3 is 2.89 bits per heavy atom. The third kappa shape index (κ3) is 3.73. The second-order valence-corrected chi connectivity index (χ2v) is 7.61. The maximum Gasteiger partial charge on any atom is 0.224 e. The molecule has 0 unspecified atom stereocenters. The number of aliphatic hydroxyl groups excluding tert-OH is 1. The SMILES string of the molecule is Cc1c(-c2cccc(OCCO)c2)sc2c(N3CCOCC3)nc(Cl)nc12. The Hall–Kier alpha value is -1.93. The number of morpholine rings is 1. The summed E-state index contributed by atoms with van der Waals surface area (Å²) < 4.78 is 12.1. The van der Waals surface area contributed by atoms with Gasteiger partial charge in [0.1, 0.15) is 12.4 Å². The van der Waals surface area contributed by atoms with Gasteiger partial charge in [0.2, 0.25) is 5.28 Å². The Bertz CT molecular complexity index is 957. The number of rotatable bonds is 5. The zero-order chi connectivity index (χ0) is 18.8. The molecule has 1 fully saturated rings. The van der Waals surface area contributed by atoms with Crippen LogP contribution in [-0.4, -0.2) is 54.6 Å². The molecule has 3 heterocycles. The van der Waals surface area contributed by atoms with E-state index in [1.54, 1.807) is 11.3 Å². The number of hydrogen-bond acceptors (Lipinski definition) is 7. The van der Waals surface area contributed by atoms with E-state index in [0.717, 1.165) is 50.9 Å². The molecule has 0 saturated carbocycles. The number of benzene rings is 1. The van der Waals surface area contributed by atoms with Crippen LogP contribution in [-0.2, 0) is 4.74 Å². The van der Waals surface area contributed by atoms with Crippen LogP contribution >= 0.6 is 22.9 Å². The molecule has 4 rings (SSSR count). The van der Waals surface area contributed by atoms with Crippen molar-refractivity contribution in [3.8, 4) is 16.2 Å². The average Bonchev–Trinajstić information content (AvgIpc) is 3.03. The molecule has 0 spiro atoms. The summed E-state index contributed by atoms with van der Waals surface area (Å²) in [6.45, 7) is 5.27. The minimum Gasteiger partial charge on any atom is -0.491 e. The van der Waals surface area contributed by atoms with Crippen LogP contribution in [0.15, 0.2) is 24.3 Å². The van der Waals surface area contributed by atoms with Gasteiger partial charge in [-0.3, -0.25) is 0 Å². The Balaban J connectivity index is 1.80. The lowest BCUT2D eigenvalue weighted by Gasteiger charge is -2.28. The third-order valence-electron chi connectivity index (χ3n) is 4.49. The molecule has 1 aliphatic rings. The molecule has 142 valence electrons. The van der Waals surface area contributed by atoms with Crippen molar-refractivity contribution in [2.75, 3.05) is 44.4 Å². The minimum absolute atomic E-state index is 0.0108. The van der Waals surface area contributed by atoms with E-state index in [9.17, 15) is 0 Å². The van der Waals surface area contributed by atoms with Crippen LogP contribution in [0.4, 0.5) is 5.82 Å². The van der Waals surface area contributed by atoms with Crippen LogP contribution < -0.4 is 9.64 Å². The third-order valence-corrected chi connectivity index (χ3v) is 5.98.